The lowest BCUT2D eigenvalue weighted by molar-refractivity contribution is -0.147. The highest BCUT2D eigenvalue weighted by Gasteiger charge is 2.28. The molecule has 1 fully saturated rings. The summed E-state index contributed by atoms with van der Waals surface area (Å²) in [4.78, 5) is 23.2. The van der Waals surface area contributed by atoms with Gasteiger partial charge in [-0.05, 0) is 39.0 Å². The predicted molar refractivity (Wildman–Crippen MR) is 79.4 cm³/mol. The molecule has 0 aromatic rings. The highest BCUT2D eigenvalue weighted by atomic mass is 16.4. The van der Waals surface area contributed by atoms with E-state index >= 15 is 0 Å². The lowest BCUT2D eigenvalue weighted by Crippen LogP contribution is -2.35. The number of carboxylic acid groups (broad SMARTS) is 1. The fourth-order valence-corrected chi connectivity index (χ4v) is 2.86. The van der Waals surface area contributed by atoms with Crippen molar-refractivity contribution in [1.82, 2.24) is 5.32 Å². The molecule has 1 amide bonds. The van der Waals surface area contributed by atoms with Crippen molar-refractivity contribution in [2.45, 2.75) is 65.7 Å². The molecule has 1 atom stereocenters. The van der Waals surface area contributed by atoms with Crippen LogP contribution in [-0.2, 0) is 9.59 Å². The Bertz CT molecular complexity index is 333. The largest absolute Gasteiger partial charge is 0.481 e. The van der Waals surface area contributed by atoms with E-state index in [9.17, 15) is 9.59 Å². The van der Waals surface area contributed by atoms with Crippen LogP contribution in [0.15, 0.2) is 0 Å². The number of carbonyl (C=O) groups is 2. The van der Waals surface area contributed by atoms with Gasteiger partial charge in [-0.25, -0.2) is 0 Å². The Balaban J connectivity index is 2.33. The summed E-state index contributed by atoms with van der Waals surface area (Å²) in [6.45, 7) is 5.88. The molecule has 0 saturated heterocycles. The van der Waals surface area contributed by atoms with Crippen LogP contribution < -0.4 is 5.32 Å². The summed E-state index contributed by atoms with van der Waals surface area (Å²) in [6, 6.07) is 0. The van der Waals surface area contributed by atoms with Crippen LogP contribution in [0.2, 0.25) is 0 Å². The van der Waals surface area contributed by atoms with E-state index in [4.69, 9.17) is 5.11 Å². The molecule has 1 saturated carbocycles. The zero-order valence-electron chi connectivity index (χ0n) is 13.1. The molecule has 1 aliphatic carbocycles. The first-order chi connectivity index (χ1) is 9.36. The van der Waals surface area contributed by atoms with Crippen molar-refractivity contribution < 1.29 is 14.7 Å². The van der Waals surface area contributed by atoms with Gasteiger partial charge in [0.1, 0.15) is 0 Å². The summed E-state index contributed by atoms with van der Waals surface area (Å²) in [7, 11) is 0. The van der Waals surface area contributed by atoms with Crippen molar-refractivity contribution in [1.29, 1.82) is 0 Å². The van der Waals surface area contributed by atoms with Gasteiger partial charge in [0.05, 0.1) is 5.41 Å². The minimum absolute atomic E-state index is 0.0889. The topological polar surface area (TPSA) is 66.4 Å². The second-order valence-electron chi connectivity index (χ2n) is 6.72. The summed E-state index contributed by atoms with van der Waals surface area (Å²) < 4.78 is 0. The molecule has 4 nitrogen and oxygen atoms in total. The Morgan fingerprint density at radius 3 is 2.40 bits per heavy atom. The van der Waals surface area contributed by atoms with Gasteiger partial charge in [-0.1, -0.05) is 32.6 Å². The normalized spacial score (nSPS) is 17.9. The number of amides is 1. The van der Waals surface area contributed by atoms with Crippen molar-refractivity contribution in [3.05, 3.63) is 0 Å². The summed E-state index contributed by atoms with van der Waals surface area (Å²) in [5, 5.41) is 12.0. The number of hydrogen-bond donors (Lipinski definition) is 2. The quantitative estimate of drug-likeness (QED) is 0.719. The standard InChI is InChI=1S/C16H29NO3/c1-4-13(11-12-7-5-6-8-12)14(18)17-10-9-16(2,3)15(19)20/h12-13H,4-11H2,1-3H3,(H,17,18)(H,19,20). The number of aliphatic carboxylic acids is 1. The third-order valence-electron chi connectivity index (χ3n) is 4.58. The molecule has 1 rings (SSSR count). The zero-order chi connectivity index (χ0) is 15.2. The fourth-order valence-electron chi connectivity index (χ4n) is 2.86. The smallest absolute Gasteiger partial charge is 0.309 e. The molecule has 116 valence electrons. The summed E-state index contributed by atoms with van der Waals surface area (Å²) >= 11 is 0. The second-order valence-corrected chi connectivity index (χ2v) is 6.72. The average Bonchev–Trinajstić information content (AvgIpc) is 2.88. The van der Waals surface area contributed by atoms with Crippen LogP contribution in [0.1, 0.15) is 65.7 Å². The Morgan fingerprint density at radius 1 is 1.30 bits per heavy atom. The molecule has 0 bridgehead atoms. The predicted octanol–water partition coefficient (Wildman–Crippen LogP) is 3.21. The average molecular weight is 283 g/mol. The van der Waals surface area contributed by atoms with Crippen molar-refractivity contribution in [3.63, 3.8) is 0 Å². The van der Waals surface area contributed by atoms with E-state index in [1.807, 2.05) is 0 Å². The molecule has 0 heterocycles. The maximum Gasteiger partial charge on any atom is 0.309 e. The van der Waals surface area contributed by atoms with Crippen molar-refractivity contribution in [3.8, 4) is 0 Å². The first kappa shape index (κ1) is 17.0. The fraction of sp³-hybridized carbons (Fsp3) is 0.875. The molecule has 0 spiro atoms. The number of hydrogen-bond acceptors (Lipinski definition) is 2. The first-order valence-electron chi connectivity index (χ1n) is 7.88. The summed E-state index contributed by atoms with van der Waals surface area (Å²) in [6.07, 6.45) is 7.44. The van der Waals surface area contributed by atoms with Gasteiger partial charge in [-0.2, -0.15) is 0 Å². The third-order valence-corrected chi connectivity index (χ3v) is 4.58. The van der Waals surface area contributed by atoms with Gasteiger partial charge in [0.25, 0.3) is 0 Å². The van der Waals surface area contributed by atoms with Crippen LogP contribution in [0.4, 0.5) is 0 Å². The molecule has 1 unspecified atom stereocenters. The first-order valence-corrected chi connectivity index (χ1v) is 7.88. The molecule has 20 heavy (non-hydrogen) atoms. The molecule has 0 aromatic carbocycles. The van der Waals surface area contributed by atoms with Gasteiger partial charge in [-0.15, -0.1) is 0 Å². The summed E-state index contributed by atoms with van der Waals surface area (Å²) in [5.41, 5.74) is -0.777. The molecular weight excluding hydrogens is 254 g/mol. The van der Waals surface area contributed by atoms with Crippen molar-refractivity contribution in [2.24, 2.45) is 17.3 Å². The molecule has 1 aliphatic rings. The second kappa shape index (κ2) is 7.65. The third kappa shape index (κ3) is 5.14. The molecule has 0 aromatic heterocycles. The number of nitrogens with one attached hydrogen (secondary N) is 1. The highest BCUT2D eigenvalue weighted by molar-refractivity contribution is 5.78. The Labute approximate surface area is 122 Å². The van der Waals surface area contributed by atoms with E-state index < -0.39 is 11.4 Å². The molecule has 2 N–H and O–H groups in total. The monoisotopic (exact) mass is 283 g/mol. The van der Waals surface area contributed by atoms with Crippen LogP contribution in [0.3, 0.4) is 0 Å². The SMILES string of the molecule is CCC(CC1CCCC1)C(=O)NCCC(C)(C)C(=O)O. The van der Waals surface area contributed by atoms with Crippen LogP contribution >= 0.6 is 0 Å². The summed E-state index contributed by atoms with van der Waals surface area (Å²) in [5.74, 6) is 0.0811. The van der Waals surface area contributed by atoms with Crippen molar-refractivity contribution in [2.75, 3.05) is 6.54 Å². The number of rotatable bonds is 8. The van der Waals surface area contributed by atoms with Gasteiger partial charge in [0.2, 0.25) is 5.91 Å². The minimum atomic E-state index is -0.815. The van der Waals surface area contributed by atoms with Crippen LogP contribution in [0.5, 0.6) is 0 Å². The van der Waals surface area contributed by atoms with E-state index in [0.717, 1.165) is 12.8 Å². The number of carboxylic acids is 1. The van der Waals surface area contributed by atoms with E-state index in [-0.39, 0.29) is 11.8 Å². The minimum Gasteiger partial charge on any atom is -0.481 e. The van der Waals surface area contributed by atoms with Crippen LogP contribution in [0, 0.1) is 17.3 Å². The van der Waals surface area contributed by atoms with E-state index in [2.05, 4.69) is 12.2 Å². The lowest BCUT2D eigenvalue weighted by atomic mass is 9.89. The lowest BCUT2D eigenvalue weighted by Gasteiger charge is -2.21. The Hall–Kier alpha value is -1.06. The van der Waals surface area contributed by atoms with Gasteiger partial charge in [0, 0.05) is 12.5 Å². The van der Waals surface area contributed by atoms with Crippen LogP contribution in [0.25, 0.3) is 0 Å². The van der Waals surface area contributed by atoms with Crippen LogP contribution in [-0.4, -0.2) is 23.5 Å². The highest BCUT2D eigenvalue weighted by Crippen LogP contribution is 2.31. The van der Waals surface area contributed by atoms with Gasteiger partial charge in [-0.3, -0.25) is 9.59 Å². The number of carbonyl (C=O) groups excluding carboxylic acids is 1. The van der Waals surface area contributed by atoms with E-state index in [0.29, 0.717) is 18.9 Å². The zero-order valence-corrected chi connectivity index (χ0v) is 13.1. The molecule has 0 radical (unpaired) electrons. The molecular formula is C16H29NO3. The van der Waals surface area contributed by atoms with Gasteiger partial charge >= 0.3 is 5.97 Å². The van der Waals surface area contributed by atoms with E-state index in [1.54, 1.807) is 13.8 Å². The van der Waals surface area contributed by atoms with Crippen molar-refractivity contribution >= 4 is 11.9 Å². The van der Waals surface area contributed by atoms with E-state index in [1.165, 1.54) is 25.7 Å². The van der Waals surface area contributed by atoms with Gasteiger partial charge < -0.3 is 10.4 Å². The maximum absolute atomic E-state index is 12.2. The molecule has 0 aliphatic heterocycles. The Morgan fingerprint density at radius 2 is 1.90 bits per heavy atom. The van der Waals surface area contributed by atoms with Gasteiger partial charge in [0.15, 0.2) is 0 Å². The Kier molecular flexibility index (Phi) is 6.50. The molecule has 4 heteroatoms. The maximum atomic E-state index is 12.2.